The Morgan fingerprint density at radius 2 is 2.20 bits per heavy atom. The molecule has 0 atom stereocenters. The molecule has 0 unspecified atom stereocenters. The van der Waals surface area contributed by atoms with Gasteiger partial charge < -0.3 is 14.8 Å². The molecule has 20 heavy (non-hydrogen) atoms. The molecule has 1 fully saturated rings. The van der Waals surface area contributed by atoms with Crippen molar-refractivity contribution in [3.63, 3.8) is 0 Å². The zero-order valence-corrected chi connectivity index (χ0v) is 11.9. The zero-order valence-electron chi connectivity index (χ0n) is 11.9. The number of methoxy groups -OCH3 is 1. The first-order valence-electron chi connectivity index (χ1n) is 6.97. The van der Waals surface area contributed by atoms with Gasteiger partial charge in [0.2, 0.25) is 5.91 Å². The molecule has 0 aromatic heterocycles. The number of hydrogen-bond acceptors (Lipinski definition) is 4. The Bertz CT molecular complexity index is 431. The van der Waals surface area contributed by atoms with Gasteiger partial charge in [-0.3, -0.25) is 9.69 Å². The fourth-order valence-corrected chi connectivity index (χ4v) is 2.21. The Morgan fingerprint density at radius 1 is 1.40 bits per heavy atom. The third kappa shape index (κ3) is 4.83. The van der Waals surface area contributed by atoms with Gasteiger partial charge in [-0.25, -0.2) is 0 Å². The molecule has 2 rings (SSSR count). The molecule has 1 aliphatic rings. The van der Waals surface area contributed by atoms with Crippen molar-refractivity contribution in [3.05, 3.63) is 29.8 Å². The normalized spacial score (nSPS) is 15.8. The van der Waals surface area contributed by atoms with Crippen molar-refractivity contribution in [2.24, 2.45) is 0 Å². The summed E-state index contributed by atoms with van der Waals surface area (Å²) >= 11 is 0. The van der Waals surface area contributed by atoms with E-state index in [0.717, 1.165) is 44.2 Å². The summed E-state index contributed by atoms with van der Waals surface area (Å²) in [6, 6.07) is 7.60. The van der Waals surface area contributed by atoms with Crippen LogP contribution in [0.4, 0.5) is 0 Å². The maximum atomic E-state index is 11.9. The van der Waals surface area contributed by atoms with Gasteiger partial charge in [0, 0.05) is 26.2 Å². The Labute approximate surface area is 119 Å². The number of rotatable bonds is 6. The van der Waals surface area contributed by atoms with E-state index in [4.69, 9.17) is 9.47 Å². The topological polar surface area (TPSA) is 50.8 Å². The van der Waals surface area contributed by atoms with Crippen LogP contribution < -0.4 is 10.1 Å². The second kappa shape index (κ2) is 7.87. The first kappa shape index (κ1) is 14.8. The second-order valence-corrected chi connectivity index (χ2v) is 4.83. The number of amides is 1. The van der Waals surface area contributed by atoms with Gasteiger partial charge >= 0.3 is 0 Å². The Morgan fingerprint density at radius 3 is 2.95 bits per heavy atom. The second-order valence-electron chi connectivity index (χ2n) is 4.83. The standard InChI is InChI=1S/C15H22N2O3/c1-19-14-4-2-3-13(11-14)12-15(18)16-5-6-17-7-9-20-10-8-17/h2-4,11H,5-10,12H2,1H3,(H,16,18). The van der Waals surface area contributed by atoms with Crippen LogP contribution in [0.1, 0.15) is 5.56 Å². The van der Waals surface area contributed by atoms with E-state index in [1.54, 1.807) is 7.11 Å². The molecule has 1 saturated heterocycles. The summed E-state index contributed by atoms with van der Waals surface area (Å²) in [5.41, 5.74) is 0.966. The van der Waals surface area contributed by atoms with Crippen molar-refractivity contribution in [3.8, 4) is 5.75 Å². The molecule has 0 aliphatic carbocycles. The number of ether oxygens (including phenoxy) is 2. The van der Waals surface area contributed by atoms with E-state index in [1.807, 2.05) is 24.3 Å². The van der Waals surface area contributed by atoms with Gasteiger partial charge in [0.15, 0.2) is 0 Å². The molecule has 1 N–H and O–H groups in total. The van der Waals surface area contributed by atoms with Crippen molar-refractivity contribution < 1.29 is 14.3 Å². The minimum atomic E-state index is 0.0477. The van der Waals surface area contributed by atoms with Crippen LogP contribution in [0.25, 0.3) is 0 Å². The molecule has 1 heterocycles. The molecule has 5 nitrogen and oxygen atoms in total. The quantitative estimate of drug-likeness (QED) is 0.831. The maximum absolute atomic E-state index is 11.9. The van der Waals surface area contributed by atoms with E-state index >= 15 is 0 Å². The van der Waals surface area contributed by atoms with Crippen molar-refractivity contribution in [1.82, 2.24) is 10.2 Å². The average Bonchev–Trinajstić information content (AvgIpc) is 2.48. The van der Waals surface area contributed by atoms with E-state index in [-0.39, 0.29) is 5.91 Å². The highest BCUT2D eigenvalue weighted by Gasteiger charge is 2.10. The van der Waals surface area contributed by atoms with Crippen LogP contribution in [0.2, 0.25) is 0 Å². The zero-order chi connectivity index (χ0) is 14.2. The summed E-state index contributed by atoms with van der Waals surface area (Å²) in [4.78, 5) is 14.2. The summed E-state index contributed by atoms with van der Waals surface area (Å²) in [7, 11) is 1.63. The molecule has 0 bridgehead atoms. The van der Waals surface area contributed by atoms with Crippen LogP contribution in [0.15, 0.2) is 24.3 Å². The molecule has 0 spiro atoms. The lowest BCUT2D eigenvalue weighted by atomic mass is 10.1. The molecule has 0 radical (unpaired) electrons. The maximum Gasteiger partial charge on any atom is 0.224 e. The number of carbonyl (C=O) groups is 1. The molecule has 0 saturated carbocycles. The smallest absolute Gasteiger partial charge is 0.224 e. The highest BCUT2D eigenvalue weighted by atomic mass is 16.5. The van der Waals surface area contributed by atoms with E-state index in [9.17, 15) is 4.79 Å². The first-order valence-corrected chi connectivity index (χ1v) is 6.97. The van der Waals surface area contributed by atoms with Crippen LogP contribution >= 0.6 is 0 Å². The first-order chi connectivity index (χ1) is 9.78. The van der Waals surface area contributed by atoms with Gasteiger partial charge in [0.05, 0.1) is 26.7 Å². The summed E-state index contributed by atoms with van der Waals surface area (Å²) < 4.78 is 10.4. The minimum Gasteiger partial charge on any atom is -0.497 e. The largest absolute Gasteiger partial charge is 0.497 e. The highest BCUT2D eigenvalue weighted by Crippen LogP contribution is 2.12. The third-order valence-corrected chi connectivity index (χ3v) is 3.35. The minimum absolute atomic E-state index is 0.0477. The van der Waals surface area contributed by atoms with Crippen molar-refractivity contribution >= 4 is 5.91 Å². The van der Waals surface area contributed by atoms with Crippen molar-refractivity contribution in [2.45, 2.75) is 6.42 Å². The number of nitrogens with one attached hydrogen (secondary N) is 1. The molecule has 1 amide bonds. The van der Waals surface area contributed by atoms with Crippen LogP contribution in [0, 0.1) is 0 Å². The third-order valence-electron chi connectivity index (χ3n) is 3.35. The van der Waals surface area contributed by atoms with Crippen LogP contribution in [0.3, 0.4) is 0 Å². The predicted molar refractivity (Wildman–Crippen MR) is 77.0 cm³/mol. The molecule has 1 aromatic carbocycles. The summed E-state index contributed by atoms with van der Waals surface area (Å²) in [5, 5.41) is 2.95. The van der Waals surface area contributed by atoms with E-state index < -0.39 is 0 Å². The van der Waals surface area contributed by atoms with Gasteiger partial charge in [-0.15, -0.1) is 0 Å². The SMILES string of the molecule is COc1cccc(CC(=O)NCCN2CCOCC2)c1. The van der Waals surface area contributed by atoms with Gasteiger partial charge in [-0.05, 0) is 17.7 Å². The molecule has 1 aliphatic heterocycles. The highest BCUT2D eigenvalue weighted by molar-refractivity contribution is 5.78. The summed E-state index contributed by atoms with van der Waals surface area (Å²) in [5.74, 6) is 0.829. The Kier molecular flexibility index (Phi) is 5.83. The van der Waals surface area contributed by atoms with E-state index in [2.05, 4.69) is 10.2 Å². The average molecular weight is 278 g/mol. The Hall–Kier alpha value is -1.59. The van der Waals surface area contributed by atoms with Crippen LogP contribution in [-0.4, -0.2) is 57.3 Å². The number of benzene rings is 1. The van der Waals surface area contributed by atoms with Crippen molar-refractivity contribution in [1.29, 1.82) is 0 Å². The lowest BCUT2D eigenvalue weighted by Crippen LogP contribution is -2.41. The molecular weight excluding hydrogens is 256 g/mol. The van der Waals surface area contributed by atoms with Crippen LogP contribution in [-0.2, 0) is 16.0 Å². The molecular formula is C15H22N2O3. The summed E-state index contributed by atoms with van der Waals surface area (Å²) in [6.07, 6.45) is 0.389. The van der Waals surface area contributed by atoms with Gasteiger partial charge in [-0.1, -0.05) is 12.1 Å². The molecule has 5 heteroatoms. The van der Waals surface area contributed by atoms with E-state index in [1.165, 1.54) is 0 Å². The van der Waals surface area contributed by atoms with Gasteiger partial charge in [0.1, 0.15) is 5.75 Å². The lowest BCUT2D eigenvalue weighted by molar-refractivity contribution is -0.120. The number of morpholine rings is 1. The number of hydrogen-bond donors (Lipinski definition) is 1. The van der Waals surface area contributed by atoms with Gasteiger partial charge in [-0.2, -0.15) is 0 Å². The lowest BCUT2D eigenvalue weighted by Gasteiger charge is -2.26. The van der Waals surface area contributed by atoms with Crippen molar-refractivity contribution in [2.75, 3.05) is 46.5 Å². The number of carbonyl (C=O) groups excluding carboxylic acids is 1. The summed E-state index contributed by atoms with van der Waals surface area (Å²) in [6.45, 7) is 5.04. The predicted octanol–water partition coefficient (Wildman–Crippen LogP) is 0.686. The van der Waals surface area contributed by atoms with Crippen LogP contribution in [0.5, 0.6) is 5.75 Å². The van der Waals surface area contributed by atoms with Gasteiger partial charge in [0.25, 0.3) is 0 Å². The van der Waals surface area contributed by atoms with E-state index in [0.29, 0.717) is 13.0 Å². The molecule has 1 aromatic rings. The number of nitrogens with zero attached hydrogens (tertiary/aromatic N) is 1. The molecule has 110 valence electrons. The fraction of sp³-hybridized carbons (Fsp3) is 0.533. The monoisotopic (exact) mass is 278 g/mol. The fourth-order valence-electron chi connectivity index (χ4n) is 2.21. The Balaban J connectivity index is 1.69.